The Morgan fingerprint density at radius 3 is 2.31 bits per heavy atom. The van der Waals surface area contributed by atoms with Crippen LogP contribution in [-0.4, -0.2) is 5.11 Å². The van der Waals surface area contributed by atoms with Crippen molar-refractivity contribution in [1.29, 1.82) is 0 Å². The van der Waals surface area contributed by atoms with Gasteiger partial charge in [-0.2, -0.15) is 8.78 Å². The van der Waals surface area contributed by atoms with Gasteiger partial charge in [-0.15, -0.1) is 0 Å². The molecular formula is C8H4F4O. The van der Waals surface area contributed by atoms with Crippen LogP contribution < -0.4 is 0 Å². The monoisotopic (exact) mass is 192 g/mol. The number of benzene rings is 1. The fourth-order valence-electron chi connectivity index (χ4n) is 0.791. The Labute approximate surface area is 70.9 Å². The summed E-state index contributed by atoms with van der Waals surface area (Å²) < 4.78 is 48.6. The van der Waals surface area contributed by atoms with Gasteiger partial charge in [-0.05, 0) is 12.1 Å². The largest absolute Gasteiger partial charge is 0.505 e. The van der Waals surface area contributed by atoms with E-state index in [4.69, 9.17) is 5.11 Å². The molecule has 0 aliphatic carbocycles. The van der Waals surface area contributed by atoms with Crippen LogP contribution in [0.2, 0.25) is 0 Å². The van der Waals surface area contributed by atoms with E-state index in [0.717, 1.165) is 18.2 Å². The van der Waals surface area contributed by atoms with Crippen molar-refractivity contribution in [2.75, 3.05) is 0 Å². The van der Waals surface area contributed by atoms with E-state index in [2.05, 4.69) is 0 Å². The average molecular weight is 192 g/mol. The van der Waals surface area contributed by atoms with Crippen LogP contribution in [0.1, 0.15) is 5.56 Å². The van der Waals surface area contributed by atoms with Crippen molar-refractivity contribution in [2.45, 2.75) is 0 Å². The van der Waals surface area contributed by atoms with Crippen molar-refractivity contribution in [3.05, 3.63) is 35.7 Å². The van der Waals surface area contributed by atoms with Crippen molar-refractivity contribution < 1.29 is 22.7 Å². The molecule has 1 rings (SSSR count). The van der Waals surface area contributed by atoms with Gasteiger partial charge in [0.1, 0.15) is 0 Å². The third-order valence-electron chi connectivity index (χ3n) is 1.38. The zero-order chi connectivity index (χ0) is 10.0. The summed E-state index contributed by atoms with van der Waals surface area (Å²) in [4.78, 5) is 0. The molecule has 0 radical (unpaired) electrons. The molecule has 1 N–H and O–H groups in total. The zero-order valence-corrected chi connectivity index (χ0v) is 6.19. The second-order valence-corrected chi connectivity index (χ2v) is 2.21. The van der Waals surface area contributed by atoms with E-state index in [1.807, 2.05) is 0 Å². The van der Waals surface area contributed by atoms with E-state index in [-0.39, 0.29) is 0 Å². The third-order valence-corrected chi connectivity index (χ3v) is 1.38. The van der Waals surface area contributed by atoms with Crippen molar-refractivity contribution in [2.24, 2.45) is 0 Å². The fourth-order valence-corrected chi connectivity index (χ4v) is 0.791. The molecule has 0 saturated carbocycles. The van der Waals surface area contributed by atoms with Gasteiger partial charge >= 0.3 is 6.08 Å². The lowest BCUT2D eigenvalue weighted by atomic mass is 10.2. The molecule has 1 nitrogen and oxygen atoms in total. The summed E-state index contributed by atoms with van der Waals surface area (Å²) >= 11 is 0. The quantitative estimate of drug-likeness (QED) is 0.678. The van der Waals surface area contributed by atoms with Gasteiger partial charge in [0.15, 0.2) is 17.4 Å². The molecule has 13 heavy (non-hydrogen) atoms. The molecule has 0 spiro atoms. The second kappa shape index (κ2) is 3.47. The number of phenolic OH excluding ortho intramolecular Hbond substituents is 1. The summed E-state index contributed by atoms with van der Waals surface area (Å²) in [6.07, 6.45) is -2.62. The Hall–Kier alpha value is -1.52. The lowest BCUT2D eigenvalue weighted by Gasteiger charge is -2.00. The predicted molar refractivity (Wildman–Crippen MR) is 38.3 cm³/mol. The van der Waals surface area contributed by atoms with Crippen LogP contribution in [0.5, 0.6) is 5.75 Å². The molecule has 70 valence electrons. The highest BCUT2D eigenvalue weighted by Gasteiger charge is 2.15. The van der Waals surface area contributed by atoms with Gasteiger partial charge in [-0.3, -0.25) is 0 Å². The van der Waals surface area contributed by atoms with Gasteiger partial charge in [0.25, 0.3) is 0 Å². The summed E-state index contributed by atoms with van der Waals surface area (Å²) in [6.45, 7) is 0. The molecular weight excluding hydrogens is 188 g/mol. The maximum absolute atomic E-state index is 12.8. The SMILES string of the molecule is Oc1cccc(C(F)=C(F)F)c1F. The Bertz CT molecular complexity index is 355. The summed E-state index contributed by atoms with van der Waals surface area (Å²) in [5, 5.41) is 8.72. The molecule has 0 saturated heterocycles. The second-order valence-electron chi connectivity index (χ2n) is 2.21. The lowest BCUT2D eigenvalue weighted by Crippen LogP contribution is -1.86. The van der Waals surface area contributed by atoms with Crippen LogP contribution in [0, 0.1) is 5.82 Å². The minimum absolute atomic E-state index is 0.809. The van der Waals surface area contributed by atoms with Crippen LogP contribution in [0.4, 0.5) is 17.6 Å². The van der Waals surface area contributed by atoms with Gasteiger partial charge in [-0.25, -0.2) is 8.78 Å². The number of hydrogen-bond acceptors (Lipinski definition) is 1. The van der Waals surface area contributed by atoms with Crippen LogP contribution >= 0.6 is 0 Å². The maximum Gasteiger partial charge on any atom is 0.306 e. The summed E-state index contributed by atoms with van der Waals surface area (Å²) in [5.41, 5.74) is -0.944. The maximum atomic E-state index is 12.8. The fraction of sp³-hybridized carbons (Fsp3) is 0. The van der Waals surface area contributed by atoms with Gasteiger partial charge < -0.3 is 5.11 Å². The van der Waals surface area contributed by atoms with Crippen molar-refractivity contribution in [3.8, 4) is 5.75 Å². The first-order valence-corrected chi connectivity index (χ1v) is 3.22. The molecule has 0 aromatic heterocycles. The van der Waals surface area contributed by atoms with Crippen LogP contribution in [0.15, 0.2) is 24.3 Å². The first-order valence-electron chi connectivity index (χ1n) is 3.22. The van der Waals surface area contributed by atoms with E-state index in [9.17, 15) is 17.6 Å². The van der Waals surface area contributed by atoms with Gasteiger partial charge in [0.2, 0.25) is 0 Å². The first-order chi connectivity index (χ1) is 6.04. The third kappa shape index (κ3) is 1.80. The van der Waals surface area contributed by atoms with Gasteiger partial charge in [0.05, 0.1) is 5.56 Å². The van der Waals surface area contributed by atoms with E-state index >= 15 is 0 Å². The van der Waals surface area contributed by atoms with Crippen molar-refractivity contribution in [3.63, 3.8) is 0 Å². The van der Waals surface area contributed by atoms with E-state index < -0.39 is 29.0 Å². The predicted octanol–water partition coefficient (Wildman–Crippen LogP) is 3.07. The van der Waals surface area contributed by atoms with Crippen molar-refractivity contribution >= 4 is 5.83 Å². The molecule has 0 bridgehead atoms. The van der Waals surface area contributed by atoms with Crippen molar-refractivity contribution in [1.82, 2.24) is 0 Å². The molecule has 0 fully saturated rings. The van der Waals surface area contributed by atoms with E-state index in [0.29, 0.717) is 0 Å². The highest BCUT2D eigenvalue weighted by molar-refractivity contribution is 5.61. The van der Waals surface area contributed by atoms with Crippen LogP contribution in [0.3, 0.4) is 0 Å². The number of phenols is 1. The Balaban J connectivity index is 3.32. The van der Waals surface area contributed by atoms with E-state index in [1.54, 1.807) is 0 Å². The number of rotatable bonds is 1. The minimum atomic E-state index is -2.62. The van der Waals surface area contributed by atoms with E-state index in [1.165, 1.54) is 0 Å². The number of aromatic hydroxyl groups is 1. The normalized spacial score (nSPS) is 9.85. The molecule has 5 heteroatoms. The summed E-state index contributed by atoms with van der Waals surface area (Å²) in [5.74, 6) is -4.23. The highest BCUT2D eigenvalue weighted by atomic mass is 19.3. The molecule has 0 unspecified atom stereocenters. The summed E-state index contributed by atoms with van der Waals surface area (Å²) in [7, 11) is 0. The molecule has 1 aromatic rings. The Morgan fingerprint density at radius 1 is 1.15 bits per heavy atom. The van der Waals surface area contributed by atoms with Gasteiger partial charge in [-0.1, -0.05) is 6.07 Å². The highest BCUT2D eigenvalue weighted by Crippen LogP contribution is 2.28. The van der Waals surface area contributed by atoms with Crippen LogP contribution in [0.25, 0.3) is 5.83 Å². The smallest absolute Gasteiger partial charge is 0.306 e. The Kier molecular flexibility index (Phi) is 2.55. The molecule has 0 aliphatic heterocycles. The van der Waals surface area contributed by atoms with Gasteiger partial charge in [0, 0.05) is 0 Å². The minimum Gasteiger partial charge on any atom is -0.505 e. The summed E-state index contributed by atoms with van der Waals surface area (Å²) in [6, 6.07) is 2.81. The number of halogens is 4. The average Bonchev–Trinajstić information content (AvgIpc) is 2.08. The zero-order valence-electron chi connectivity index (χ0n) is 6.19. The molecule has 1 aromatic carbocycles. The lowest BCUT2D eigenvalue weighted by molar-refractivity contribution is 0.406. The molecule has 0 heterocycles. The Morgan fingerprint density at radius 2 is 1.77 bits per heavy atom. The topological polar surface area (TPSA) is 20.2 Å². The van der Waals surface area contributed by atoms with Crippen LogP contribution in [-0.2, 0) is 0 Å². The first kappa shape index (κ1) is 9.57. The molecule has 0 aliphatic rings. The standard InChI is InChI=1S/C8H4F4O/c9-6-4(7(10)8(11)12)2-1-3-5(6)13/h1-3,13H. The molecule has 0 amide bonds. The molecule has 0 atom stereocenters. The number of hydrogen-bond donors (Lipinski definition) is 1.